The van der Waals surface area contributed by atoms with Crippen molar-refractivity contribution in [2.24, 2.45) is 5.73 Å². The summed E-state index contributed by atoms with van der Waals surface area (Å²) in [6.07, 6.45) is 0. The lowest BCUT2D eigenvalue weighted by Gasteiger charge is -2.06. The van der Waals surface area contributed by atoms with Gasteiger partial charge in [-0.3, -0.25) is 0 Å². The maximum atomic E-state index is 5.74. The molecule has 0 atom stereocenters. The van der Waals surface area contributed by atoms with Crippen molar-refractivity contribution in [1.29, 1.82) is 0 Å². The largest absolute Gasteiger partial charge is 0.325 e. The third-order valence-electron chi connectivity index (χ3n) is 2.35. The molecule has 72 valence electrons. The van der Waals surface area contributed by atoms with Crippen LogP contribution in [0.5, 0.6) is 0 Å². The van der Waals surface area contributed by atoms with Crippen LogP contribution in [0.25, 0.3) is 0 Å². The first-order chi connectivity index (χ1) is 6.24. The van der Waals surface area contributed by atoms with Crippen LogP contribution in [0.4, 0.5) is 0 Å². The number of aromatic nitrogens is 2. The highest BCUT2D eigenvalue weighted by Gasteiger charge is 2.21. The molecule has 0 saturated heterocycles. The van der Waals surface area contributed by atoms with Gasteiger partial charge in [-0.05, 0) is 5.92 Å². The van der Waals surface area contributed by atoms with Gasteiger partial charge in [0, 0.05) is 18.8 Å². The Kier molecular flexibility index (Phi) is 2.34. The van der Waals surface area contributed by atoms with E-state index in [0.29, 0.717) is 12.5 Å². The van der Waals surface area contributed by atoms with E-state index in [9.17, 15) is 0 Å². The molecular formula is C9H15N3S. The summed E-state index contributed by atoms with van der Waals surface area (Å²) in [7, 11) is 0. The van der Waals surface area contributed by atoms with Crippen LogP contribution in [0.2, 0.25) is 0 Å². The van der Waals surface area contributed by atoms with Gasteiger partial charge in [0.2, 0.25) is 0 Å². The number of hydrogen-bond donors (Lipinski definition) is 1. The molecule has 0 unspecified atom stereocenters. The fourth-order valence-electron chi connectivity index (χ4n) is 1.73. The molecule has 0 bridgehead atoms. The van der Waals surface area contributed by atoms with Gasteiger partial charge in [-0.2, -0.15) is 0 Å². The van der Waals surface area contributed by atoms with Crippen LogP contribution in [0.1, 0.15) is 31.2 Å². The van der Waals surface area contributed by atoms with E-state index in [0.717, 1.165) is 17.5 Å². The number of thioether (sulfide) groups is 1. The summed E-state index contributed by atoms with van der Waals surface area (Å²) in [4.78, 5) is 4.61. The summed E-state index contributed by atoms with van der Waals surface area (Å²) in [6, 6.07) is 0. The maximum absolute atomic E-state index is 5.74. The van der Waals surface area contributed by atoms with E-state index in [1.54, 1.807) is 0 Å². The number of rotatable bonds is 2. The van der Waals surface area contributed by atoms with E-state index >= 15 is 0 Å². The van der Waals surface area contributed by atoms with Gasteiger partial charge < -0.3 is 10.3 Å². The second-order valence-corrected chi connectivity index (χ2v) is 4.65. The molecule has 2 heterocycles. The Labute approximate surface area is 82.7 Å². The minimum atomic E-state index is 0.484. The fourth-order valence-corrected chi connectivity index (χ4v) is 2.70. The van der Waals surface area contributed by atoms with Crippen LogP contribution in [0, 0.1) is 0 Å². The van der Waals surface area contributed by atoms with E-state index in [2.05, 4.69) is 23.4 Å². The summed E-state index contributed by atoms with van der Waals surface area (Å²) in [5, 5.41) is 1.16. The topological polar surface area (TPSA) is 43.8 Å². The van der Waals surface area contributed by atoms with Gasteiger partial charge in [0.05, 0.1) is 11.4 Å². The van der Waals surface area contributed by atoms with Gasteiger partial charge in [-0.15, -0.1) is 0 Å². The highest BCUT2D eigenvalue weighted by Crippen LogP contribution is 2.30. The number of nitrogens with two attached hydrogens (primary N) is 1. The highest BCUT2D eigenvalue weighted by atomic mass is 32.2. The molecule has 2 N–H and O–H groups in total. The molecule has 0 fully saturated rings. The van der Waals surface area contributed by atoms with Crippen molar-refractivity contribution in [3.8, 4) is 0 Å². The van der Waals surface area contributed by atoms with Crippen LogP contribution in [0.15, 0.2) is 5.16 Å². The van der Waals surface area contributed by atoms with Gasteiger partial charge in [0.25, 0.3) is 0 Å². The van der Waals surface area contributed by atoms with E-state index in [4.69, 9.17) is 5.73 Å². The lowest BCUT2D eigenvalue weighted by Crippen LogP contribution is -2.09. The average Bonchev–Trinajstić information content (AvgIpc) is 2.60. The molecule has 0 aromatic carbocycles. The Morgan fingerprint density at radius 1 is 1.62 bits per heavy atom. The zero-order valence-corrected chi connectivity index (χ0v) is 8.90. The zero-order valence-electron chi connectivity index (χ0n) is 8.08. The Morgan fingerprint density at radius 3 is 3.00 bits per heavy atom. The van der Waals surface area contributed by atoms with E-state index in [-0.39, 0.29) is 0 Å². The van der Waals surface area contributed by atoms with Crippen molar-refractivity contribution in [2.75, 3.05) is 5.75 Å². The first-order valence-corrected chi connectivity index (χ1v) is 5.64. The van der Waals surface area contributed by atoms with Crippen molar-refractivity contribution in [1.82, 2.24) is 9.55 Å². The third kappa shape index (κ3) is 1.38. The second kappa shape index (κ2) is 3.35. The summed E-state index contributed by atoms with van der Waals surface area (Å²) >= 11 is 1.83. The molecule has 2 rings (SSSR count). The molecule has 0 aliphatic carbocycles. The molecule has 4 heteroatoms. The molecule has 1 aromatic rings. The molecule has 0 saturated carbocycles. The smallest absolute Gasteiger partial charge is 0.168 e. The van der Waals surface area contributed by atoms with Gasteiger partial charge in [0.1, 0.15) is 0 Å². The van der Waals surface area contributed by atoms with Crippen molar-refractivity contribution < 1.29 is 0 Å². The minimum Gasteiger partial charge on any atom is -0.325 e. The first kappa shape index (κ1) is 9.09. The molecule has 1 aliphatic rings. The monoisotopic (exact) mass is 197 g/mol. The van der Waals surface area contributed by atoms with Crippen molar-refractivity contribution >= 4 is 11.8 Å². The summed E-state index contributed by atoms with van der Waals surface area (Å²) in [6.45, 7) is 6.02. The molecular weight excluding hydrogens is 182 g/mol. The van der Waals surface area contributed by atoms with Crippen LogP contribution < -0.4 is 5.73 Å². The molecule has 0 radical (unpaired) electrons. The highest BCUT2D eigenvalue weighted by molar-refractivity contribution is 7.99. The van der Waals surface area contributed by atoms with Crippen LogP contribution in [0.3, 0.4) is 0 Å². The number of hydrogen-bond acceptors (Lipinski definition) is 3. The lowest BCUT2D eigenvalue weighted by atomic mass is 10.1. The lowest BCUT2D eigenvalue weighted by molar-refractivity contribution is 0.674. The van der Waals surface area contributed by atoms with Crippen molar-refractivity contribution in [2.45, 2.75) is 38.0 Å². The number of fused-ring (bicyclic) bond motifs is 1. The van der Waals surface area contributed by atoms with Gasteiger partial charge >= 0.3 is 0 Å². The molecule has 3 nitrogen and oxygen atoms in total. The fraction of sp³-hybridized carbons (Fsp3) is 0.667. The second-order valence-electron chi connectivity index (χ2n) is 3.59. The van der Waals surface area contributed by atoms with Crippen molar-refractivity contribution in [3.63, 3.8) is 0 Å². The Bertz CT molecular complexity index is 317. The predicted molar refractivity (Wildman–Crippen MR) is 54.9 cm³/mol. The number of imidazole rings is 1. The Morgan fingerprint density at radius 2 is 2.38 bits per heavy atom. The first-order valence-electron chi connectivity index (χ1n) is 4.66. The molecule has 13 heavy (non-hydrogen) atoms. The Balaban J connectivity index is 2.47. The third-order valence-corrected chi connectivity index (χ3v) is 3.31. The zero-order chi connectivity index (χ0) is 9.42. The van der Waals surface area contributed by atoms with E-state index in [1.807, 2.05) is 11.8 Å². The average molecular weight is 197 g/mol. The van der Waals surface area contributed by atoms with E-state index < -0.39 is 0 Å². The quantitative estimate of drug-likeness (QED) is 0.782. The molecule has 0 amide bonds. The number of nitrogens with zero attached hydrogens (tertiary/aromatic N) is 2. The minimum absolute atomic E-state index is 0.484. The van der Waals surface area contributed by atoms with Crippen LogP contribution in [-0.4, -0.2) is 15.3 Å². The molecule has 1 aromatic heterocycles. The molecule has 1 aliphatic heterocycles. The maximum Gasteiger partial charge on any atom is 0.168 e. The summed E-state index contributed by atoms with van der Waals surface area (Å²) in [5.41, 5.74) is 8.15. The normalized spacial score (nSPS) is 15.4. The van der Waals surface area contributed by atoms with E-state index in [1.165, 1.54) is 11.4 Å². The van der Waals surface area contributed by atoms with Gasteiger partial charge in [0.15, 0.2) is 5.16 Å². The standard InChI is InChI=1S/C9H15N3S/c1-6(2)8-7(5-10)12-3-4-13-9(12)11-8/h6H,3-5,10H2,1-2H3. The van der Waals surface area contributed by atoms with Gasteiger partial charge in [-0.1, -0.05) is 25.6 Å². The predicted octanol–water partition coefficient (Wildman–Crippen LogP) is 1.57. The van der Waals surface area contributed by atoms with Crippen LogP contribution in [-0.2, 0) is 13.1 Å². The van der Waals surface area contributed by atoms with Crippen LogP contribution >= 0.6 is 11.8 Å². The van der Waals surface area contributed by atoms with Crippen molar-refractivity contribution in [3.05, 3.63) is 11.4 Å². The SMILES string of the molecule is CC(C)c1nc2n(c1CN)CCS2. The van der Waals surface area contributed by atoms with Gasteiger partial charge in [-0.25, -0.2) is 4.98 Å². The summed E-state index contributed by atoms with van der Waals surface area (Å²) < 4.78 is 2.26. The molecule has 0 spiro atoms. The summed E-state index contributed by atoms with van der Waals surface area (Å²) in [5.74, 6) is 1.63. The Hall–Kier alpha value is -0.480.